The Kier molecular flexibility index (Phi) is 3.62. The summed E-state index contributed by atoms with van der Waals surface area (Å²) in [4.78, 5) is 8.35. The SMILES string of the molecule is COc1ccc(N)c(NCc2cnccc2C)n1. The Morgan fingerprint density at radius 3 is 2.89 bits per heavy atom. The lowest BCUT2D eigenvalue weighted by atomic mass is 10.1. The number of nitrogen functional groups attached to an aromatic ring is 1. The Bertz CT molecular complexity index is 542. The van der Waals surface area contributed by atoms with Crippen LogP contribution < -0.4 is 15.8 Å². The van der Waals surface area contributed by atoms with Gasteiger partial charge in [0.2, 0.25) is 5.88 Å². The quantitative estimate of drug-likeness (QED) is 0.860. The number of hydrogen-bond donors (Lipinski definition) is 2. The van der Waals surface area contributed by atoms with Crippen molar-refractivity contribution in [3.05, 3.63) is 41.7 Å². The molecule has 2 rings (SSSR count). The van der Waals surface area contributed by atoms with Crippen molar-refractivity contribution in [1.82, 2.24) is 9.97 Å². The maximum atomic E-state index is 5.85. The van der Waals surface area contributed by atoms with Crippen molar-refractivity contribution < 1.29 is 4.74 Å². The summed E-state index contributed by atoms with van der Waals surface area (Å²) in [7, 11) is 1.58. The lowest BCUT2D eigenvalue weighted by Crippen LogP contribution is -2.06. The van der Waals surface area contributed by atoms with Crippen LogP contribution in [0, 0.1) is 6.92 Å². The normalized spacial score (nSPS) is 10.1. The molecule has 0 aromatic carbocycles. The lowest BCUT2D eigenvalue weighted by molar-refractivity contribution is 0.398. The van der Waals surface area contributed by atoms with Gasteiger partial charge in [-0.05, 0) is 30.2 Å². The number of methoxy groups -OCH3 is 1. The fraction of sp³-hybridized carbons (Fsp3) is 0.231. The number of aryl methyl sites for hydroxylation is 1. The van der Waals surface area contributed by atoms with Crippen molar-refractivity contribution in [3.8, 4) is 5.88 Å². The third-order valence-corrected chi connectivity index (χ3v) is 2.70. The first-order valence-electron chi connectivity index (χ1n) is 5.64. The highest BCUT2D eigenvalue weighted by atomic mass is 16.5. The first-order chi connectivity index (χ1) is 8.70. The second kappa shape index (κ2) is 5.35. The van der Waals surface area contributed by atoms with E-state index in [4.69, 9.17) is 10.5 Å². The molecule has 5 nitrogen and oxygen atoms in total. The molecule has 2 aromatic heterocycles. The zero-order valence-corrected chi connectivity index (χ0v) is 10.5. The minimum atomic E-state index is 0.537. The molecule has 0 spiro atoms. The first kappa shape index (κ1) is 12.2. The third-order valence-electron chi connectivity index (χ3n) is 2.70. The van der Waals surface area contributed by atoms with Crippen molar-refractivity contribution >= 4 is 11.5 Å². The van der Waals surface area contributed by atoms with Gasteiger partial charge in [-0.1, -0.05) is 0 Å². The van der Waals surface area contributed by atoms with Crippen LogP contribution >= 0.6 is 0 Å². The maximum absolute atomic E-state index is 5.85. The van der Waals surface area contributed by atoms with E-state index in [1.807, 2.05) is 19.2 Å². The molecule has 3 N–H and O–H groups in total. The van der Waals surface area contributed by atoms with E-state index in [0.717, 1.165) is 5.56 Å². The zero-order chi connectivity index (χ0) is 13.0. The highest BCUT2D eigenvalue weighted by molar-refractivity contribution is 5.62. The molecule has 0 unspecified atom stereocenters. The summed E-state index contributed by atoms with van der Waals surface area (Å²) in [5.41, 5.74) is 8.74. The van der Waals surface area contributed by atoms with Gasteiger partial charge in [-0.3, -0.25) is 4.98 Å². The fourth-order valence-electron chi connectivity index (χ4n) is 1.57. The molecule has 0 bridgehead atoms. The van der Waals surface area contributed by atoms with Gasteiger partial charge in [-0.2, -0.15) is 4.98 Å². The topological polar surface area (TPSA) is 73.1 Å². The number of anilines is 2. The second-order valence-electron chi connectivity index (χ2n) is 3.95. The average molecular weight is 244 g/mol. The van der Waals surface area contributed by atoms with Crippen LogP contribution in [0.4, 0.5) is 11.5 Å². The number of pyridine rings is 2. The average Bonchev–Trinajstić information content (AvgIpc) is 2.39. The van der Waals surface area contributed by atoms with Crippen LogP contribution in [0.3, 0.4) is 0 Å². The van der Waals surface area contributed by atoms with Gasteiger partial charge in [0.25, 0.3) is 0 Å². The fourth-order valence-corrected chi connectivity index (χ4v) is 1.57. The molecular formula is C13H16N4O. The summed E-state index contributed by atoms with van der Waals surface area (Å²) in [6, 6.07) is 5.47. The molecule has 2 heterocycles. The summed E-state index contributed by atoms with van der Waals surface area (Å²) in [6.07, 6.45) is 3.61. The minimum Gasteiger partial charge on any atom is -0.481 e. The maximum Gasteiger partial charge on any atom is 0.215 e. The predicted molar refractivity (Wildman–Crippen MR) is 71.5 cm³/mol. The molecule has 0 aliphatic rings. The van der Waals surface area contributed by atoms with Crippen molar-refractivity contribution in [3.63, 3.8) is 0 Å². The van der Waals surface area contributed by atoms with E-state index >= 15 is 0 Å². The summed E-state index contributed by atoms with van der Waals surface area (Å²) in [6.45, 7) is 2.67. The number of ether oxygens (including phenoxy) is 1. The Hall–Kier alpha value is -2.30. The van der Waals surface area contributed by atoms with Gasteiger partial charge >= 0.3 is 0 Å². The molecule has 94 valence electrons. The summed E-state index contributed by atoms with van der Waals surface area (Å²) in [5, 5.41) is 3.19. The molecule has 0 fully saturated rings. The molecule has 0 radical (unpaired) electrons. The number of rotatable bonds is 4. The molecule has 2 aromatic rings. The third kappa shape index (κ3) is 2.68. The summed E-state index contributed by atoms with van der Waals surface area (Å²) < 4.78 is 5.07. The number of nitrogens with two attached hydrogens (primary N) is 1. The van der Waals surface area contributed by atoms with E-state index in [1.54, 1.807) is 25.4 Å². The molecule has 18 heavy (non-hydrogen) atoms. The van der Waals surface area contributed by atoms with E-state index in [-0.39, 0.29) is 0 Å². The molecule has 0 atom stereocenters. The van der Waals surface area contributed by atoms with Crippen LogP contribution in [0.25, 0.3) is 0 Å². The van der Waals surface area contributed by atoms with E-state index in [0.29, 0.717) is 23.9 Å². The smallest absolute Gasteiger partial charge is 0.215 e. The van der Waals surface area contributed by atoms with E-state index in [1.165, 1.54) is 5.56 Å². The van der Waals surface area contributed by atoms with Crippen molar-refractivity contribution in [2.75, 3.05) is 18.2 Å². The Morgan fingerprint density at radius 1 is 1.33 bits per heavy atom. The summed E-state index contributed by atoms with van der Waals surface area (Å²) in [5.74, 6) is 1.16. The van der Waals surface area contributed by atoms with Crippen LogP contribution in [-0.2, 0) is 6.54 Å². The van der Waals surface area contributed by atoms with E-state index < -0.39 is 0 Å². The number of aromatic nitrogens is 2. The summed E-state index contributed by atoms with van der Waals surface area (Å²) >= 11 is 0. The Balaban J connectivity index is 2.13. The predicted octanol–water partition coefficient (Wildman–Crippen LogP) is 1.99. The Morgan fingerprint density at radius 2 is 2.17 bits per heavy atom. The molecule has 0 saturated heterocycles. The van der Waals surface area contributed by atoms with Crippen LogP contribution in [0.1, 0.15) is 11.1 Å². The van der Waals surface area contributed by atoms with Crippen LogP contribution in [-0.4, -0.2) is 17.1 Å². The molecular weight excluding hydrogens is 228 g/mol. The van der Waals surface area contributed by atoms with Crippen LogP contribution in [0.15, 0.2) is 30.6 Å². The van der Waals surface area contributed by atoms with E-state index in [9.17, 15) is 0 Å². The van der Waals surface area contributed by atoms with Gasteiger partial charge in [-0.25, -0.2) is 0 Å². The van der Waals surface area contributed by atoms with Crippen molar-refractivity contribution in [2.45, 2.75) is 13.5 Å². The number of nitrogens with one attached hydrogen (secondary N) is 1. The van der Waals surface area contributed by atoms with Gasteiger partial charge in [0.15, 0.2) is 5.82 Å². The largest absolute Gasteiger partial charge is 0.481 e. The molecule has 0 saturated carbocycles. The molecule has 0 aliphatic carbocycles. The lowest BCUT2D eigenvalue weighted by Gasteiger charge is -2.10. The van der Waals surface area contributed by atoms with Crippen molar-refractivity contribution in [2.24, 2.45) is 0 Å². The molecule has 0 amide bonds. The Labute approximate surface area is 106 Å². The van der Waals surface area contributed by atoms with Gasteiger partial charge in [-0.15, -0.1) is 0 Å². The highest BCUT2D eigenvalue weighted by Gasteiger charge is 2.04. The first-order valence-corrected chi connectivity index (χ1v) is 5.64. The highest BCUT2D eigenvalue weighted by Crippen LogP contribution is 2.20. The monoisotopic (exact) mass is 244 g/mol. The molecule has 0 aliphatic heterocycles. The second-order valence-corrected chi connectivity index (χ2v) is 3.95. The minimum absolute atomic E-state index is 0.537. The number of nitrogens with zero attached hydrogens (tertiary/aromatic N) is 2. The van der Waals surface area contributed by atoms with Crippen molar-refractivity contribution in [1.29, 1.82) is 0 Å². The standard InChI is InChI=1S/C13H16N4O/c1-9-5-6-15-7-10(9)8-16-13-11(14)3-4-12(17-13)18-2/h3-7H,8,14H2,1-2H3,(H,16,17). The van der Waals surface area contributed by atoms with E-state index in [2.05, 4.69) is 15.3 Å². The van der Waals surface area contributed by atoms with Gasteiger partial charge in [0.1, 0.15) is 0 Å². The van der Waals surface area contributed by atoms with Gasteiger partial charge in [0, 0.05) is 25.0 Å². The number of hydrogen-bond acceptors (Lipinski definition) is 5. The van der Waals surface area contributed by atoms with Crippen LogP contribution in [0.2, 0.25) is 0 Å². The van der Waals surface area contributed by atoms with Crippen LogP contribution in [0.5, 0.6) is 5.88 Å². The zero-order valence-electron chi connectivity index (χ0n) is 10.5. The van der Waals surface area contributed by atoms with Gasteiger partial charge < -0.3 is 15.8 Å². The van der Waals surface area contributed by atoms with Gasteiger partial charge in [0.05, 0.1) is 12.8 Å². The molecule has 5 heteroatoms.